The first-order valence-corrected chi connectivity index (χ1v) is 11.6. The van der Waals surface area contributed by atoms with E-state index < -0.39 is 0 Å². The zero-order valence-corrected chi connectivity index (χ0v) is 19.1. The van der Waals surface area contributed by atoms with Crippen LogP contribution in [0.4, 0.5) is 0 Å². The summed E-state index contributed by atoms with van der Waals surface area (Å²) in [6.07, 6.45) is 6.36. The number of likely N-dealkylation sites (tertiary alicyclic amines) is 1. The maximum absolute atomic E-state index is 6.17. The molecule has 168 valence electrons. The average molecular weight is 417 g/mol. The van der Waals surface area contributed by atoms with Crippen LogP contribution >= 0.6 is 0 Å². The van der Waals surface area contributed by atoms with Crippen molar-refractivity contribution in [1.82, 2.24) is 15.1 Å². The maximum atomic E-state index is 6.17. The van der Waals surface area contributed by atoms with E-state index >= 15 is 0 Å². The topological polar surface area (TPSA) is 49.3 Å². The highest BCUT2D eigenvalue weighted by Crippen LogP contribution is 2.18. The zero-order valence-electron chi connectivity index (χ0n) is 19.1. The molecule has 2 fully saturated rings. The summed E-state index contributed by atoms with van der Waals surface area (Å²) in [5, 5.41) is 3.47. The van der Waals surface area contributed by atoms with Crippen molar-refractivity contribution in [2.45, 2.75) is 64.3 Å². The molecule has 2 aliphatic rings. The summed E-state index contributed by atoms with van der Waals surface area (Å²) >= 11 is 0. The Balaban J connectivity index is 1.48. The standard InChI is InChI=1S/C24H40N4O2/c1-4-25-24(26-17-20-8-7-9-21(16-20)18-27(2)3)28-13-11-22(12-14-28)30-19-23-10-5-6-15-29-23/h7-9,16,22-23H,4-6,10-15,17-19H2,1-3H3,(H,25,26). The van der Waals surface area contributed by atoms with E-state index in [1.807, 2.05) is 0 Å². The minimum Gasteiger partial charge on any atom is -0.376 e. The highest BCUT2D eigenvalue weighted by atomic mass is 16.5. The second kappa shape index (κ2) is 12.3. The molecule has 1 aromatic rings. The molecule has 6 heteroatoms. The Kier molecular flexibility index (Phi) is 9.43. The second-order valence-electron chi connectivity index (χ2n) is 8.74. The molecule has 30 heavy (non-hydrogen) atoms. The van der Waals surface area contributed by atoms with Crippen LogP contribution in [0.2, 0.25) is 0 Å². The van der Waals surface area contributed by atoms with Crippen molar-refractivity contribution in [3.8, 4) is 0 Å². The molecule has 1 atom stereocenters. The van der Waals surface area contributed by atoms with Crippen molar-refractivity contribution in [3.05, 3.63) is 35.4 Å². The largest absolute Gasteiger partial charge is 0.376 e. The van der Waals surface area contributed by atoms with Crippen molar-refractivity contribution in [2.75, 3.05) is 46.9 Å². The van der Waals surface area contributed by atoms with Gasteiger partial charge in [0.05, 0.1) is 25.4 Å². The smallest absolute Gasteiger partial charge is 0.194 e. The fourth-order valence-electron chi connectivity index (χ4n) is 4.20. The fraction of sp³-hybridized carbons (Fsp3) is 0.708. The first kappa shape index (κ1) is 23.0. The molecule has 2 heterocycles. The molecule has 0 aliphatic carbocycles. The van der Waals surface area contributed by atoms with Crippen LogP contribution < -0.4 is 5.32 Å². The van der Waals surface area contributed by atoms with Crippen LogP contribution in [0.3, 0.4) is 0 Å². The summed E-state index contributed by atoms with van der Waals surface area (Å²) in [5.74, 6) is 1.02. The van der Waals surface area contributed by atoms with Crippen LogP contribution in [0.5, 0.6) is 0 Å². The van der Waals surface area contributed by atoms with Gasteiger partial charge in [-0.05, 0) is 64.3 Å². The summed E-state index contributed by atoms with van der Waals surface area (Å²) in [6.45, 7) is 8.30. The lowest BCUT2D eigenvalue weighted by atomic mass is 10.1. The third-order valence-electron chi connectivity index (χ3n) is 5.77. The van der Waals surface area contributed by atoms with Gasteiger partial charge in [-0.1, -0.05) is 24.3 Å². The third-order valence-corrected chi connectivity index (χ3v) is 5.77. The quantitative estimate of drug-likeness (QED) is 0.521. The zero-order chi connectivity index (χ0) is 21.2. The third kappa shape index (κ3) is 7.56. The van der Waals surface area contributed by atoms with Gasteiger partial charge >= 0.3 is 0 Å². The van der Waals surface area contributed by atoms with Gasteiger partial charge in [0.1, 0.15) is 0 Å². The van der Waals surface area contributed by atoms with E-state index in [1.54, 1.807) is 0 Å². The van der Waals surface area contributed by atoms with Crippen molar-refractivity contribution in [3.63, 3.8) is 0 Å². The molecule has 2 saturated heterocycles. The number of aliphatic imine (C=N–C) groups is 1. The predicted octanol–water partition coefficient (Wildman–Crippen LogP) is 3.26. The molecule has 2 aliphatic heterocycles. The van der Waals surface area contributed by atoms with E-state index in [1.165, 1.54) is 24.0 Å². The minimum atomic E-state index is 0.305. The van der Waals surface area contributed by atoms with E-state index in [4.69, 9.17) is 14.5 Å². The van der Waals surface area contributed by atoms with Gasteiger partial charge in [0.2, 0.25) is 0 Å². The Labute approximate surface area is 182 Å². The number of guanidine groups is 1. The summed E-state index contributed by atoms with van der Waals surface area (Å²) in [7, 11) is 4.20. The molecular weight excluding hydrogens is 376 g/mol. The predicted molar refractivity (Wildman–Crippen MR) is 123 cm³/mol. The normalized spacial score (nSPS) is 21.3. The Morgan fingerprint density at radius 1 is 1.20 bits per heavy atom. The van der Waals surface area contributed by atoms with Gasteiger partial charge in [0.15, 0.2) is 5.96 Å². The number of nitrogens with zero attached hydrogens (tertiary/aromatic N) is 3. The van der Waals surface area contributed by atoms with Gasteiger partial charge in [-0.3, -0.25) is 0 Å². The summed E-state index contributed by atoms with van der Waals surface area (Å²) in [4.78, 5) is 9.50. The number of rotatable bonds is 8. The molecule has 6 nitrogen and oxygen atoms in total. The van der Waals surface area contributed by atoms with Crippen molar-refractivity contribution < 1.29 is 9.47 Å². The summed E-state index contributed by atoms with van der Waals surface area (Å²) in [6, 6.07) is 8.75. The molecule has 0 radical (unpaired) electrons. The second-order valence-corrected chi connectivity index (χ2v) is 8.74. The number of ether oxygens (including phenoxy) is 2. The van der Waals surface area contributed by atoms with Gasteiger partial charge < -0.3 is 24.6 Å². The monoisotopic (exact) mass is 416 g/mol. The maximum Gasteiger partial charge on any atom is 0.194 e. The average Bonchev–Trinajstić information content (AvgIpc) is 2.76. The van der Waals surface area contributed by atoms with E-state index in [0.29, 0.717) is 18.8 Å². The van der Waals surface area contributed by atoms with Crippen LogP contribution in [0, 0.1) is 0 Å². The van der Waals surface area contributed by atoms with Crippen molar-refractivity contribution >= 4 is 5.96 Å². The Morgan fingerprint density at radius 2 is 2.00 bits per heavy atom. The van der Waals surface area contributed by atoms with Crippen LogP contribution in [0.1, 0.15) is 50.2 Å². The fourth-order valence-corrected chi connectivity index (χ4v) is 4.20. The molecule has 1 aromatic carbocycles. The van der Waals surface area contributed by atoms with Crippen LogP contribution in [0.15, 0.2) is 29.3 Å². The molecule has 0 amide bonds. The lowest BCUT2D eigenvalue weighted by Gasteiger charge is -2.35. The van der Waals surface area contributed by atoms with Gasteiger partial charge in [-0.15, -0.1) is 0 Å². The SMILES string of the molecule is CCNC(=NCc1cccc(CN(C)C)c1)N1CCC(OCC2CCCCO2)CC1. The molecule has 0 spiro atoms. The highest BCUT2D eigenvalue weighted by molar-refractivity contribution is 5.80. The summed E-state index contributed by atoms with van der Waals surface area (Å²) < 4.78 is 12.0. The molecule has 0 aromatic heterocycles. The molecular formula is C24H40N4O2. The molecule has 0 saturated carbocycles. The van der Waals surface area contributed by atoms with Crippen LogP contribution in [0.25, 0.3) is 0 Å². The summed E-state index contributed by atoms with van der Waals surface area (Å²) in [5.41, 5.74) is 2.59. The van der Waals surface area contributed by atoms with Gasteiger partial charge in [-0.2, -0.15) is 0 Å². The van der Waals surface area contributed by atoms with E-state index in [-0.39, 0.29) is 0 Å². The van der Waals surface area contributed by atoms with E-state index in [9.17, 15) is 0 Å². The highest BCUT2D eigenvalue weighted by Gasteiger charge is 2.23. The first-order valence-electron chi connectivity index (χ1n) is 11.6. The van der Waals surface area contributed by atoms with Crippen LogP contribution in [-0.4, -0.2) is 74.9 Å². The Hall–Kier alpha value is -1.63. The number of nitrogens with one attached hydrogen (secondary N) is 1. The number of piperidine rings is 1. The molecule has 3 rings (SSSR count). The number of benzene rings is 1. The minimum absolute atomic E-state index is 0.305. The number of hydrogen-bond donors (Lipinski definition) is 1. The molecule has 0 bridgehead atoms. The van der Waals surface area contributed by atoms with Gasteiger partial charge in [0.25, 0.3) is 0 Å². The van der Waals surface area contributed by atoms with Crippen LogP contribution in [-0.2, 0) is 22.6 Å². The lowest BCUT2D eigenvalue weighted by Crippen LogP contribution is -2.47. The Morgan fingerprint density at radius 3 is 2.70 bits per heavy atom. The molecule has 1 N–H and O–H groups in total. The van der Waals surface area contributed by atoms with E-state index in [0.717, 1.165) is 64.6 Å². The van der Waals surface area contributed by atoms with E-state index in [2.05, 4.69) is 60.4 Å². The number of hydrogen-bond acceptors (Lipinski definition) is 4. The molecule has 1 unspecified atom stereocenters. The van der Waals surface area contributed by atoms with Crippen molar-refractivity contribution in [2.24, 2.45) is 4.99 Å². The van der Waals surface area contributed by atoms with Gasteiger partial charge in [-0.25, -0.2) is 4.99 Å². The lowest BCUT2D eigenvalue weighted by molar-refractivity contribution is -0.0721. The first-order chi connectivity index (χ1) is 14.6. The van der Waals surface area contributed by atoms with Gasteiger partial charge in [0, 0.05) is 32.8 Å². The Bertz CT molecular complexity index is 650. The van der Waals surface area contributed by atoms with Crippen molar-refractivity contribution in [1.29, 1.82) is 0 Å².